The van der Waals surface area contributed by atoms with Crippen molar-refractivity contribution in [1.82, 2.24) is 15.2 Å². The molecule has 1 aromatic carbocycles. The van der Waals surface area contributed by atoms with Crippen LogP contribution < -0.4 is 5.32 Å². The highest BCUT2D eigenvalue weighted by Gasteiger charge is 2.27. The minimum Gasteiger partial charge on any atom is -0.325 e. The van der Waals surface area contributed by atoms with E-state index in [9.17, 15) is 9.59 Å². The molecule has 1 amide bonds. The molecule has 25 heavy (non-hydrogen) atoms. The molecule has 3 aromatic rings. The van der Waals surface area contributed by atoms with E-state index in [0.717, 1.165) is 16.1 Å². The fourth-order valence-electron chi connectivity index (χ4n) is 2.64. The molecule has 1 unspecified atom stereocenters. The molecule has 0 aliphatic carbocycles. The summed E-state index contributed by atoms with van der Waals surface area (Å²) in [6.45, 7) is 1.84. The first-order valence-electron chi connectivity index (χ1n) is 7.69. The molecule has 1 aliphatic heterocycles. The van der Waals surface area contributed by atoms with Crippen LogP contribution in [0.15, 0.2) is 40.9 Å². The van der Waals surface area contributed by atoms with Crippen LogP contribution in [0, 0.1) is 0 Å². The van der Waals surface area contributed by atoms with Crippen molar-refractivity contribution in [3.63, 3.8) is 0 Å². The number of aromatic nitrogens is 3. The molecule has 0 saturated heterocycles. The number of rotatable bonds is 5. The van der Waals surface area contributed by atoms with Crippen molar-refractivity contribution in [2.24, 2.45) is 0 Å². The number of thioether (sulfide) groups is 1. The summed E-state index contributed by atoms with van der Waals surface area (Å²) in [5.41, 5.74) is 2.26. The largest absolute Gasteiger partial charge is 0.325 e. The highest BCUT2D eigenvalue weighted by Crippen LogP contribution is 2.33. The maximum Gasteiger partial charge on any atom is 0.231 e. The van der Waals surface area contributed by atoms with Gasteiger partial charge in [-0.3, -0.25) is 14.7 Å². The van der Waals surface area contributed by atoms with Crippen molar-refractivity contribution in [1.29, 1.82) is 0 Å². The molecule has 0 saturated carbocycles. The second-order valence-electron chi connectivity index (χ2n) is 5.67. The molecule has 1 atom stereocenters. The molecular weight excluding hydrogens is 356 g/mol. The second-order valence-corrected chi connectivity index (χ2v) is 7.56. The highest BCUT2D eigenvalue weighted by molar-refractivity contribution is 7.99. The summed E-state index contributed by atoms with van der Waals surface area (Å²) in [6.07, 6.45) is 0. The molecule has 6 nitrogen and oxygen atoms in total. The first-order valence-corrected chi connectivity index (χ1v) is 9.55. The van der Waals surface area contributed by atoms with E-state index in [4.69, 9.17) is 0 Å². The number of carbonyl (C=O) groups excluding carboxylic acids is 2. The summed E-state index contributed by atoms with van der Waals surface area (Å²) in [6, 6.07) is 9.25. The number of aromatic amines is 1. The van der Waals surface area contributed by atoms with E-state index in [1.54, 1.807) is 29.5 Å². The Bertz CT molecular complexity index is 949. The zero-order valence-electron chi connectivity index (χ0n) is 13.3. The Morgan fingerprint density at radius 2 is 2.24 bits per heavy atom. The number of benzene rings is 1. The van der Waals surface area contributed by atoms with Gasteiger partial charge in [-0.15, -0.1) is 16.4 Å². The van der Waals surface area contributed by atoms with Gasteiger partial charge in [-0.1, -0.05) is 17.8 Å². The van der Waals surface area contributed by atoms with Crippen molar-refractivity contribution in [3.05, 3.63) is 46.8 Å². The summed E-state index contributed by atoms with van der Waals surface area (Å²) in [5.74, 6) is 0.686. The third-order valence-electron chi connectivity index (χ3n) is 4.04. The van der Waals surface area contributed by atoms with Gasteiger partial charge in [0.05, 0.1) is 16.5 Å². The summed E-state index contributed by atoms with van der Waals surface area (Å²) in [5, 5.41) is 12.4. The van der Waals surface area contributed by atoms with Crippen LogP contribution >= 0.6 is 23.1 Å². The first-order chi connectivity index (χ1) is 12.1. The highest BCUT2D eigenvalue weighted by atomic mass is 32.2. The fourth-order valence-corrected chi connectivity index (χ4v) is 4.00. The lowest BCUT2D eigenvalue weighted by atomic mass is 9.99. The molecule has 0 bridgehead atoms. The standard InChI is InChI=1S/C17H14N4O2S2/c1-9-11-7-10(4-5-12(11)18-16(9)23)13(22)8-25-17-19-15(20-21-17)14-3-2-6-24-14/h2-7,9H,8H2,1H3,(H,18,23)(H,19,20,21). The van der Waals surface area contributed by atoms with E-state index in [0.29, 0.717) is 16.5 Å². The van der Waals surface area contributed by atoms with Gasteiger partial charge in [0.1, 0.15) is 0 Å². The normalized spacial score (nSPS) is 15.9. The van der Waals surface area contributed by atoms with Crippen LogP contribution in [0.2, 0.25) is 0 Å². The number of hydrogen-bond donors (Lipinski definition) is 2. The minimum absolute atomic E-state index is 0.0122. The summed E-state index contributed by atoms with van der Waals surface area (Å²) in [7, 11) is 0. The first kappa shape index (κ1) is 16.0. The Labute approximate surface area is 152 Å². The number of thiophene rings is 1. The number of Topliss-reactive ketones (excluding diaryl/α,β-unsaturated/α-hetero) is 1. The van der Waals surface area contributed by atoms with Gasteiger partial charge < -0.3 is 5.32 Å². The number of ketones is 1. The summed E-state index contributed by atoms with van der Waals surface area (Å²) < 4.78 is 0. The average molecular weight is 370 g/mol. The monoisotopic (exact) mass is 370 g/mol. The maximum absolute atomic E-state index is 12.5. The smallest absolute Gasteiger partial charge is 0.231 e. The van der Waals surface area contributed by atoms with E-state index in [2.05, 4.69) is 20.5 Å². The van der Waals surface area contributed by atoms with Crippen molar-refractivity contribution in [2.75, 3.05) is 11.1 Å². The third-order valence-corrected chi connectivity index (χ3v) is 5.77. The van der Waals surface area contributed by atoms with Crippen LogP contribution in [0.5, 0.6) is 0 Å². The predicted molar refractivity (Wildman–Crippen MR) is 98.2 cm³/mol. The van der Waals surface area contributed by atoms with Crippen molar-refractivity contribution < 1.29 is 9.59 Å². The van der Waals surface area contributed by atoms with Crippen molar-refractivity contribution in [2.45, 2.75) is 18.0 Å². The molecule has 0 fully saturated rings. The van der Waals surface area contributed by atoms with Gasteiger partial charge in [0.25, 0.3) is 0 Å². The van der Waals surface area contributed by atoms with Crippen LogP contribution in [-0.2, 0) is 4.79 Å². The SMILES string of the molecule is CC1C(=O)Nc2ccc(C(=O)CSc3n[nH]c(-c4cccs4)n3)cc21. The number of nitrogens with one attached hydrogen (secondary N) is 2. The van der Waals surface area contributed by atoms with E-state index < -0.39 is 0 Å². The number of carbonyl (C=O) groups is 2. The number of fused-ring (bicyclic) bond motifs is 1. The van der Waals surface area contributed by atoms with E-state index in [1.165, 1.54) is 11.8 Å². The number of nitrogens with zero attached hydrogens (tertiary/aromatic N) is 2. The number of amides is 1. The summed E-state index contributed by atoms with van der Waals surface area (Å²) in [4.78, 5) is 29.6. The van der Waals surface area contributed by atoms with Gasteiger partial charge in [-0.05, 0) is 42.1 Å². The number of anilines is 1. The predicted octanol–water partition coefficient (Wildman–Crippen LogP) is 3.56. The topological polar surface area (TPSA) is 87.7 Å². The molecule has 0 radical (unpaired) electrons. The lowest BCUT2D eigenvalue weighted by Crippen LogP contribution is -2.08. The molecular formula is C17H14N4O2S2. The van der Waals surface area contributed by atoms with Crippen LogP contribution in [0.1, 0.15) is 28.8 Å². The average Bonchev–Trinajstić information content (AvgIpc) is 3.34. The van der Waals surface area contributed by atoms with E-state index in [-0.39, 0.29) is 23.4 Å². The van der Waals surface area contributed by atoms with Gasteiger partial charge in [-0.2, -0.15) is 0 Å². The molecule has 8 heteroatoms. The lowest BCUT2D eigenvalue weighted by Gasteiger charge is -2.04. The molecule has 2 aromatic heterocycles. The Morgan fingerprint density at radius 1 is 1.36 bits per heavy atom. The maximum atomic E-state index is 12.5. The quantitative estimate of drug-likeness (QED) is 0.530. The van der Waals surface area contributed by atoms with Gasteiger partial charge in [0.2, 0.25) is 11.1 Å². The van der Waals surface area contributed by atoms with Crippen LogP contribution in [0.25, 0.3) is 10.7 Å². The fraction of sp³-hybridized carbons (Fsp3) is 0.176. The zero-order chi connectivity index (χ0) is 17.4. The number of H-pyrrole nitrogens is 1. The lowest BCUT2D eigenvalue weighted by molar-refractivity contribution is -0.116. The Balaban J connectivity index is 1.44. The van der Waals surface area contributed by atoms with Crippen LogP contribution in [0.4, 0.5) is 5.69 Å². The van der Waals surface area contributed by atoms with Gasteiger partial charge in [0.15, 0.2) is 11.6 Å². The molecule has 3 heterocycles. The molecule has 1 aliphatic rings. The summed E-state index contributed by atoms with van der Waals surface area (Å²) >= 11 is 2.87. The second kappa shape index (κ2) is 6.45. The van der Waals surface area contributed by atoms with Crippen molar-refractivity contribution >= 4 is 40.5 Å². The minimum atomic E-state index is -0.225. The van der Waals surface area contributed by atoms with Crippen molar-refractivity contribution in [3.8, 4) is 10.7 Å². The van der Waals surface area contributed by atoms with Gasteiger partial charge in [0, 0.05) is 11.3 Å². The molecule has 126 valence electrons. The van der Waals surface area contributed by atoms with E-state index >= 15 is 0 Å². The third kappa shape index (κ3) is 3.10. The molecule has 4 rings (SSSR count). The molecule has 0 spiro atoms. The molecule has 2 N–H and O–H groups in total. The number of hydrogen-bond acceptors (Lipinski definition) is 6. The Morgan fingerprint density at radius 3 is 3.04 bits per heavy atom. The Kier molecular flexibility index (Phi) is 4.14. The van der Waals surface area contributed by atoms with Crippen LogP contribution in [0.3, 0.4) is 0 Å². The van der Waals surface area contributed by atoms with Gasteiger partial charge >= 0.3 is 0 Å². The van der Waals surface area contributed by atoms with Gasteiger partial charge in [-0.25, -0.2) is 4.98 Å². The Hall–Kier alpha value is -2.45. The van der Waals surface area contributed by atoms with Crippen LogP contribution in [-0.4, -0.2) is 32.6 Å². The van der Waals surface area contributed by atoms with E-state index in [1.807, 2.05) is 24.4 Å². The zero-order valence-corrected chi connectivity index (χ0v) is 14.9.